The van der Waals surface area contributed by atoms with Crippen LogP contribution in [0.2, 0.25) is 0 Å². The quantitative estimate of drug-likeness (QED) is 0.357. The third-order valence-corrected chi connectivity index (χ3v) is 8.82. The topological polar surface area (TPSA) is 102 Å². The molecule has 2 N–H and O–H groups in total. The zero-order chi connectivity index (χ0) is 22.7. The number of hydrogen-bond donors (Lipinski definition) is 2. The highest BCUT2D eigenvalue weighted by molar-refractivity contribution is 7.46. The molecule has 0 radical (unpaired) electrons. The van der Waals surface area contributed by atoms with Crippen molar-refractivity contribution in [2.45, 2.75) is 32.1 Å². The monoisotopic (exact) mass is 484 g/mol. The zero-order valence-corrected chi connectivity index (χ0v) is 19.9. The molecule has 3 aromatic rings. The Bertz CT molecular complexity index is 1270. The summed E-state index contributed by atoms with van der Waals surface area (Å²) in [5, 5.41) is 0.715. The molecule has 4 aliphatic rings. The van der Waals surface area contributed by atoms with Gasteiger partial charge in [0, 0.05) is 23.5 Å². The zero-order valence-electron chi connectivity index (χ0n) is 18.2. The van der Waals surface area contributed by atoms with E-state index in [1.54, 1.807) is 25.6 Å². The molecule has 2 aromatic heterocycles. The second-order valence-electron chi connectivity index (χ2n) is 9.46. The standard InChI is InChI=1S/C24H25N2O5PS/c1-30-23(21-16-6-13-5-14(8-16)9-17(21)7-13)18-10-19(31-32(27,28)29)22-20(11-18)33-24(26-22)15-3-2-4-25-12-15/h2-4,10-14,16-17H,5-9H2,1H3,(H2,27,28,29). The minimum absolute atomic E-state index is 0.0705. The van der Waals surface area contributed by atoms with E-state index in [-0.39, 0.29) is 5.75 Å². The lowest BCUT2D eigenvalue weighted by atomic mass is 9.54. The van der Waals surface area contributed by atoms with Crippen LogP contribution in [-0.4, -0.2) is 26.9 Å². The number of allylic oxidation sites excluding steroid dienone is 1. The van der Waals surface area contributed by atoms with Gasteiger partial charge in [-0.3, -0.25) is 14.8 Å². The Labute approximate surface area is 195 Å². The van der Waals surface area contributed by atoms with Gasteiger partial charge >= 0.3 is 7.82 Å². The molecule has 4 bridgehead atoms. The summed E-state index contributed by atoms with van der Waals surface area (Å²) in [7, 11) is -3.08. The average molecular weight is 485 g/mol. The Balaban J connectivity index is 1.51. The van der Waals surface area contributed by atoms with Crippen molar-refractivity contribution in [1.29, 1.82) is 0 Å². The number of hydrogen-bond acceptors (Lipinski definition) is 6. The van der Waals surface area contributed by atoms with Gasteiger partial charge in [-0.15, -0.1) is 11.3 Å². The van der Waals surface area contributed by atoms with Gasteiger partial charge < -0.3 is 9.26 Å². The Hall–Kier alpha value is -2.25. The smallest absolute Gasteiger partial charge is 0.496 e. The fourth-order valence-corrected chi connectivity index (χ4v) is 7.81. The first kappa shape index (κ1) is 21.3. The van der Waals surface area contributed by atoms with E-state index in [0.717, 1.165) is 33.4 Å². The fourth-order valence-electron chi connectivity index (χ4n) is 6.41. The molecule has 172 valence electrons. The van der Waals surface area contributed by atoms with Crippen LogP contribution in [0, 0.1) is 23.7 Å². The average Bonchev–Trinajstić information content (AvgIpc) is 3.20. The molecule has 0 unspecified atom stereocenters. The summed E-state index contributed by atoms with van der Waals surface area (Å²) in [6.45, 7) is 0. The molecule has 33 heavy (non-hydrogen) atoms. The van der Waals surface area contributed by atoms with Crippen LogP contribution in [-0.2, 0) is 9.30 Å². The lowest BCUT2D eigenvalue weighted by Crippen LogP contribution is -2.40. The predicted molar refractivity (Wildman–Crippen MR) is 126 cm³/mol. The van der Waals surface area contributed by atoms with Gasteiger partial charge in [-0.25, -0.2) is 9.55 Å². The molecule has 9 heteroatoms. The van der Waals surface area contributed by atoms with Crippen LogP contribution >= 0.6 is 19.2 Å². The number of benzene rings is 1. The summed E-state index contributed by atoms with van der Waals surface area (Å²) in [5.74, 6) is 3.62. The van der Waals surface area contributed by atoms with E-state index in [2.05, 4.69) is 9.97 Å². The third-order valence-electron chi connectivity index (χ3n) is 7.33. The first-order chi connectivity index (χ1) is 15.9. The molecule has 0 amide bonds. The van der Waals surface area contributed by atoms with Gasteiger partial charge in [0.2, 0.25) is 0 Å². The van der Waals surface area contributed by atoms with Gasteiger partial charge in [0.25, 0.3) is 0 Å². The van der Waals surface area contributed by atoms with Crippen LogP contribution in [0.1, 0.15) is 37.7 Å². The lowest BCUT2D eigenvalue weighted by Gasteiger charge is -2.51. The molecule has 4 saturated carbocycles. The van der Waals surface area contributed by atoms with Crippen molar-refractivity contribution >= 4 is 35.1 Å². The van der Waals surface area contributed by atoms with Crippen molar-refractivity contribution < 1.29 is 23.6 Å². The van der Waals surface area contributed by atoms with E-state index < -0.39 is 7.82 Å². The highest BCUT2D eigenvalue weighted by Crippen LogP contribution is 2.58. The molecular formula is C24H25N2O5PS. The Kier molecular flexibility index (Phi) is 5.11. The first-order valence-electron chi connectivity index (χ1n) is 11.3. The highest BCUT2D eigenvalue weighted by atomic mass is 32.1. The van der Waals surface area contributed by atoms with Gasteiger partial charge in [0.15, 0.2) is 5.75 Å². The van der Waals surface area contributed by atoms with Crippen LogP contribution in [0.15, 0.2) is 42.2 Å². The van der Waals surface area contributed by atoms with E-state index in [9.17, 15) is 14.4 Å². The lowest BCUT2D eigenvalue weighted by molar-refractivity contribution is 0.0675. The highest BCUT2D eigenvalue weighted by Gasteiger charge is 2.46. The maximum atomic E-state index is 11.8. The van der Waals surface area contributed by atoms with E-state index in [1.165, 1.54) is 49.0 Å². The van der Waals surface area contributed by atoms with Crippen LogP contribution in [0.5, 0.6) is 5.75 Å². The molecule has 4 aliphatic carbocycles. The minimum atomic E-state index is -4.77. The number of methoxy groups -OCH3 is 1. The van der Waals surface area contributed by atoms with E-state index in [4.69, 9.17) is 9.26 Å². The Morgan fingerprint density at radius 1 is 1.12 bits per heavy atom. The van der Waals surface area contributed by atoms with Gasteiger partial charge in [-0.2, -0.15) is 0 Å². The summed E-state index contributed by atoms with van der Waals surface area (Å²) < 4.78 is 23.7. The van der Waals surface area contributed by atoms with Crippen molar-refractivity contribution in [3.05, 3.63) is 47.8 Å². The van der Waals surface area contributed by atoms with Gasteiger partial charge in [0.05, 0.1) is 11.8 Å². The molecular weight excluding hydrogens is 459 g/mol. The number of phosphoric acid groups is 1. The number of aromatic nitrogens is 2. The maximum absolute atomic E-state index is 11.8. The molecule has 4 fully saturated rings. The molecule has 7 nitrogen and oxygen atoms in total. The van der Waals surface area contributed by atoms with E-state index >= 15 is 0 Å². The number of nitrogens with zero attached hydrogens (tertiary/aromatic N) is 2. The van der Waals surface area contributed by atoms with Gasteiger partial charge in [-0.1, -0.05) is 0 Å². The second kappa shape index (κ2) is 7.91. The number of fused-ring (bicyclic) bond motifs is 1. The van der Waals surface area contributed by atoms with Crippen LogP contribution < -0.4 is 4.52 Å². The summed E-state index contributed by atoms with van der Waals surface area (Å²) in [6.07, 6.45) is 9.65. The summed E-state index contributed by atoms with van der Waals surface area (Å²) in [6, 6.07) is 7.42. The number of pyridine rings is 1. The molecule has 0 aliphatic heterocycles. The minimum Gasteiger partial charge on any atom is -0.496 e. The Morgan fingerprint density at radius 2 is 1.85 bits per heavy atom. The van der Waals surface area contributed by atoms with Crippen LogP contribution in [0.25, 0.3) is 26.5 Å². The number of rotatable bonds is 5. The van der Waals surface area contributed by atoms with Gasteiger partial charge in [0.1, 0.15) is 16.3 Å². The largest absolute Gasteiger partial charge is 0.524 e. The fraction of sp³-hybridized carbons (Fsp3) is 0.417. The number of phosphoric ester groups is 1. The van der Waals surface area contributed by atoms with Crippen molar-refractivity contribution in [2.24, 2.45) is 23.7 Å². The number of thiazole rings is 1. The molecule has 0 saturated heterocycles. The summed E-state index contributed by atoms with van der Waals surface area (Å²) >= 11 is 1.45. The van der Waals surface area contributed by atoms with Crippen molar-refractivity contribution in [3.63, 3.8) is 0 Å². The Morgan fingerprint density at radius 3 is 2.45 bits per heavy atom. The van der Waals surface area contributed by atoms with Crippen LogP contribution in [0.4, 0.5) is 0 Å². The first-order valence-corrected chi connectivity index (χ1v) is 13.6. The maximum Gasteiger partial charge on any atom is 0.524 e. The van der Waals surface area contributed by atoms with Crippen LogP contribution in [0.3, 0.4) is 0 Å². The molecule has 2 heterocycles. The normalized spacial score (nSPS) is 26.1. The van der Waals surface area contributed by atoms with Crippen molar-refractivity contribution in [3.8, 4) is 16.3 Å². The molecule has 0 spiro atoms. The predicted octanol–water partition coefficient (Wildman–Crippen LogP) is 5.64. The third kappa shape index (κ3) is 3.89. The second-order valence-corrected chi connectivity index (χ2v) is 11.7. The molecule has 0 atom stereocenters. The van der Waals surface area contributed by atoms with Crippen molar-refractivity contribution in [1.82, 2.24) is 9.97 Å². The SMILES string of the molecule is COC(=C1C2CC3CC(C2)CC1C3)c1cc(OP(=O)(O)O)c2nc(-c3cccnc3)sc2c1. The van der Waals surface area contributed by atoms with E-state index in [0.29, 0.717) is 22.4 Å². The molecule has 7 rings (SSSR count). The van der Waals surface area contributed by atoms with Gasteiger partial charge in [-0.05, 0) is 85.6 Å². The van der Waals surface area contributed by atoms with E-state index in [1.807, 2.05) is 18.2 Å². The number of ether oxygens (including phenoxy) is 1. The molecule has 1 aromatic carbocycles. The summed E-state index contributed by atoms with van der Waals surface area (Å²) in [5.41, 5.74) is 3.44. The summed E-state index contributed by atoms with van der Waals surface area (Å²) in [4.78, 5) is 27.9. The van der Waals surface area contributed by atoms with Crippen molar-refractivity contribution in [2.75, 3.05) is 7.11 Å².